The van der Waals surface area contributed by atoms with E-state index in [0.29, 0.717) is 17.3 Å². The van der Waals surface area contributed by atoms with Gasteiger partial charge < -0.3 is 11.1 Å². The maximum atomic E-state index is 6.15. The van der Waals surface area contributed by atoms with Crippen molar-refractivity contribution in [3.63, 3.8) is 0 Å². The molecule has 3 aromatic rings. The van der Waals surface area contributed by atoms with E-state index in [1.165, 1.54) is 23.0 Å². The largest absolute Gasteiger partial charge is 0.382 e. The van der Waals surface area contributed by atoms with Gasteiger partial charge in [0.15, 0.2) is 11.6 Å². The van der Waals surface area contributed by atoms with Crippen LogP contribution in [0.25, 0.3) is 0 Å². The second-order valence-electron chi connectivity index (χ2n) is 6.93. The van der Waals surface area contributed by atoms with Crippen LogP contribution < -0.4 is 11.1 Å². The maximum Gasteiger partial charge on any atom is 0.158 e. The molecule has 134 valence electrons. The summed E-state index contributed by atoms with van der Waals surface area (Å²) in [6.07, 6.45) is 3.54. The monoisotopic (exact) mass is 419 g/mol. The Morgan fingerprint density at radius 1 is 1.04 bits per heavy atom. The summed E-state index contributed by atoms with van der Waals surface area (Å²) in [6, 6.07) is 17.0. The van der Waals surface area contributed by atoms with E-state index in [1.54, 1.807) is 0 Å². The number of fused-ring (bicyclic) bond motifs is 4. The molecule has 3 N–H and O–H groups in total. The van der Waals surface area contributed by atoms with Gasteiger partial charge in [-0.2, -0.15) is 0 Å². The quantitative estimate of drug-likeness (QED) is 0.600. The van der Waals surface area contributed by atoms with Gasteiger partial charge in [0.1, 0.15) is 12.0 Å². The molecular formula is C21H18BrN5. The number of hydrogen-bond acceptors (Lipinski definition) is 5. The van der Waals surface area contributed by atoms with Crippen LogP contribution in [0.5, 0.6) is 0 Å². The van der Waals surface area contributed by atoms with Crippen molar-refractivity contribution in [2.75, 3.05) is 11.1 Å². The average molecular weight is 420 g/mol. The number of nitrogens with one attached hydrogen (secondary N) is 1. The first-order valence-electron chi connectivity index (χ1n) is 9.00. The number of aryl methyl sites for hydroxylation is 1. The first-order chi connectivity index (χ1) is 13.2. The molecule has 27 heavy (non-hydrogen) atoms. The summed E-state index contributed by atoms with van der Waals surface area (Å²) in [5, 5.41) is 3.61. The van der Waals surface area contributed by atoms with Crippen LogP contribution >= 0.6 is 15.9 Å². The lowest BCUT2D eigenvalue weighted by Crippen LogP contribution is -2.31. The number of nitrogen functional groups attached to an aromatic ring is 1. The van der Waals surface area contributed by atoms with Gasteiger partial charge in [0.2, 0.25) is 0 Å². The number of benzene rings is 2. The Kier molecular flexibility index (Phi) is 3.93. The van der Waals surface area contributed by atoms with Crippen LogP contribution in [0.2, 0.25) is 0 Å². The molecule has 5 nitrogen and oxygen atoms in total. The van der Waals surface area contributed by atoms with Gasteiger partial charge in [-0.05, 0) is 41.7 Å². The van der Waals surface area contributed by atoms with Gasteiger partial charge in [0, 0.05) is 10.4 Å². The minimum atomic E-state index is 0.0701. The Bertz CT molecular complexity index is 1040. The van der Waals surface area contributed by atoms with Gasteiger partial charge in [-0.15, -0.1) is 0 Å². The van der Waals surface area contributed by atoms with Crippen molar-refractivity contribution in [2.24, 2.45) is 10.9 Å². The summed E-state index contributed by atoms with van der Waals surface area (Å²) in [4.78, 5) is 13.6. The topological polar surface area (TPSA) is 76.2 Å². The van der Waals surface area contributed by atoms with Gasteiger partial charge in [-0.25, -0.2) is 15.0 Å². The van der Waals surface area contributed by atoms with Crippen LogP contribution in [-0.2, 0) is 6.42 Å². The molecule has 0 saturated carbocycles. The minimum absolute atomic E-state index is 0.0701. The molecule has 2 heterocycles. The van der Waals surface area contributed by atoms with Crippen molar-refractivity contribution < 1.29 is 0 Å². The molecule has 0 amide bonds. The van der Waals surface area contributed by atoms with E-state index in [1.807, 2.05) is 0 Å². The van der Waals surface area contributed by atoms with Crippen molar-refractivity contribution in [1.29, 1.82) is 0 Å². The van der Waals surface area contributed by atoms with Crippen molar-refractivity contribution in [2.45, 2.75) is 18.9 Å². The molecule has 0 fully saturated rings. The molecule has 0 saturated heterocycles. The summed E-state index contributed by atoms with van der Waals surface area (Å²) < 4.78 is 1.06. The predicted octanol–water partition coefficient (Wildman–Crippen LogP) is 4.67. The Morgan fingerprint density at radius 2 is 1.85 bits per heavy atom. The summed E-state index contributed by atoms with van der Waals surface area (Å²) >= 11 is 3.53. The fraction of sp³-hybridized carbons (Fsp3) is 0.190. The number of anilines is 2. The maximum absolute atomic E-state index is 6.15. The highest BCUT2D eigenvalue weighted by Gasteiger charge is 2.36. The van der Waals surface area contributed by atoms with Gasteiger partial charge in [0.05, 0.1) is 11.8 Å². The molecule has 1 aromatic heterocycles. The predicted molar refractivity (Wildman–Crippen MR) is 111 cm³/mol. The standard InChI is InChI=1S/C21H18BrN5/c22-14-8-5-13(6-9-14)17-16-10-7-12-3-1-2-4-15(12)18(16)26-19-20(23)24-11-25-21(19)27-17/h1-6,8-9,11,16-17H,7,10H2,(H3,23,24,25,27). The third-order valence-corrected chi connectivity index (χ3v) is 5.90. The molecule has 1 aliphatic heterocycles. The average Bonchev–Trinajstić information content (AvgIpc) is 2.87. The first-order valence-corrected chi connectivity index (χ1v) is 9.79. The Balaban J connectivity index is 1.72. The number of aromatic nitrogens is 2. The fourth-order valence-electron chi connectivity index (χ4n) is 4.07. The molecule has 0 bridgehead atoms. The summed E-state index contributed by atoms with van der Waals surface area (Å²) in [5.74, 6) is 1.32. The Hall–Kier alpha value is -2.73. The van der Waals surface area contributed by atoms with E-state index in [0.717, 1.165) is 23.0 Å². The third kappa shape index (κ3) is 2.80. The number of halogens is 1. The van der Waals surface area contributed by atoms with E-state index in [-0.39, 0.29) is 12.0 Å². The number of hydrogen-bond donors (Lipinski definition) is 2. The molecule has 0 spiro atoms. The molecule has 2 unspecified atom stereocenters. The van der Waals surface area contributed by atoms with Crippen molar-refractivity contribution in [3.8, 4) is 0 Å². The lowest BCUT2D eigenvalue weighted by Gasteiger charge is -2.32. The van der Waals surface area contributed by atoms with Crippen LogP contribution in [0, 0.1) is 5.92 Å². The van der Waals surface area contributed by atoms with E-state index < -0.39 is 0 Å². The number of nitrogens with two attached hydrogens (primary N) is 1. The van der Waals surface area contributed by atoms with Crippen molar-refractivity contribution >= 4 is 39.0 Å². The molecule has 1 aliphatic carbocycles. The highest BCUT2D eigenvalue weighted by atomic mass is 79.9. The number of rotatable bonds is 1. The van der Waals surface area contributed by atoms with Gasteiger partial charge in [-0.1, -0.05) is 52.3 Å². The van der Waals surface area contributed by atoms with Crippen LogP contribution in [0.3, 0.4) is 0 Å². The minimum Gasteiger partial charge on any atom is -0.382 e. The van der Waals surface area contributed by atoms with Crippen LogP contribution in [-0.4, -0.2) is 15.7 Å². The molecule has 2 aliphatic rings. The highest BCUT2D eigenvalue weighted by Crippen LogP contribution is 2.43. The van der Waals surface area contributed by atoms with Gasteiger partial charge in [0.25, 0.3) is 0 Å². The third-order valence-electron chi connectivity index (χ3n) is 5.38. The molecule has 2 atom stereocenters. The number of nitrogens with zero attached hydrogens (tertiary/aromatic N) is 3. The normalized spacial score (nSPS) is 20.4. The van der Waals surface area contributed by atoms with Gasteiger partial charge in [-0.3, -0.25) is 0 Å². The zero-order chi connectivity index (χ0) is 18.4. The zero-order valence-corrected chi connectivity index (χ0v) is 16.1. The zero-order valence-electron chi connectivity index (χ0n) is 14.6. The Labute approximate surface area is 165 Å². The van der Waals surface area contributed by atoms with E-state index in [9.17, 15) is 0 Å². The summed E-state index contributed by atoms with van der Waals surface area (Å²) in [7, 11) is 0. The first kappa shape index (κ1) is 16.4. The van der Waals surface area contributed by atoms with Crippen molar-refractivity contribution in [1.82, 2.24) is 9.97 Å². The Morgan fingerprint density at radius 3 is 2.70 bits per heavy atom. The van der Waals surface area contributed by atoms with E-state index in [2.05, 4.69) is 79.7 Å². The molecule has 5 rings (SSSR count). The lowest BCUT2D eigenvalue weighted by molar-refractivity contribution is 0.533. The van der Waals surface area contributed by atoms with Crippen LogP contribution in [0.1, 0.15) is 29.2 Å². The van der Waals surface area contributed by atoms with Crippen LogP contribution in [0.4, 0.5) is 17.3 Å². The fourth-order valence-corrected chi connectivity index (χ4v) is 4.33. The lowest BCUT2D eigenvalue weighted by atomic mass is 9.76. The van der Waals surface area contributed by atoms with Crippen molar-refractivity contribution in [3.05, 3.63) is 76.0 Å². The molecule has 0 radical (unpaired) electrons. The van der Waals surface area contributed by atoms with Crippen LogP contribution in [0.15, 0.2) is 64.3 Å². The summed E-state index contributed by atoms with van der Waals surface area (Å²) in [5.41, 5.74) is 11.6. The molecular weight excluding hydrogens is 402 g/mol. The second kappa shape index (κ2) is 6.46. The second-order valence-corrected chi connectivity index (χ2v) is 7.84. The number of aliphatic imine (C=N–C) groups is 1. The van der Waals surface area contributed by atoms with E-state index >= 15 is 0 Å². The van der Waals surface area contributed by atoms with E-state index in [4.69, 9.17) is 10.7 Å². The summed E-state index contributed by atoms with van der Waals surface area (Å²) in [6.45, 7) is 0. The molecule has 6 heteroatoms. The SMILES string of the molecule is Nc1ncnc2c1N=C1c3ccccc3CCC1C(c1ccc(Br)cc1)N2. The van der Waals surface area contributed by atoms with Gasteiger partial charge >= 0.3 is 0 Å². The smallest absolute Gasteiger partial charge is 0.158 e. The molecule has 2 aromatic carbocycles. The highest BCUT2D eigenvalue weighted by molar-refractivity contribution is 9.10.